The first kappa shape index (κ1) is 22.0. The van der Waals surface area contributed by atoms with E-state index < -0.39 is 0 Å². The maximum absolute atomic E-state index is 11.2. The van der Waals surface area contributed by atoms with Gasteiger partial charge in [-0.1, -0.05) is 20.1 Å². The molecule has 0 aliphatic carbocycles. The number of nitrogens with zero attached hydrogens (tertiary/aromatic N) is 2. The molecule has 1 N–H and O–H groups in total. The van der Waals surface area contributed by atoms with Crippen molar-refractivity contribution in [1.82, 2.24) is 15.1 Å². The first-order chi connectivity index (χ1) is 9.33. The number of carbonyl (C=O) groups excluding carboxylic acids is 2. The van der Waals surface area contributed by atoms with Crippen molar-refractivity contribution in [3.8, 4) is 0 Å². The molecule has 0 bridgehead atoms. The van der Waals surface area contributed by atoms with Gasteiger partial charge in [0.2, 0.25) is 11.8 Å². The Kier molecular flexibility index (Phi) is 11.9. The minimum Gasteiger partial charge on any atom is -0.337 e. The number of nitrogens with one attached hydrogen (secondary N) is 1. The lowest BCUT2D eigenvalue weighted by Gasteiger charge is -2.23. The van der Waals surface area contributed by atoms with Crippen LogP contribution in [-0.4, -0.2) is 48.4 Å². The topological polar surface area (TPSA) is 52.7 Å². The second kappa shape index (κ2) is 11.3. The van der Waals surface area contributed by atoms with Crippen molar-refractivity contribution < 1.29 is 9.59 Å². The molecule has 1 atom stereocenters. The molecule has 2 amide bonds. The van der Waals surface area contributed by atoms with E-state index in [9.17, 15) is 9.59 Å². The van der Waals surface area contributed by atoms with Crippen molar-refractivity contribution in [2.24, 2.45) is 0 Å². The normalized spacial score (nSPS) is 14.7. The second-order valence-corrected chi connectivity index (χ2v) is 5.01. The van der Waals surface area contributed by atoms with E-state index in [1.807, 2.05) is 25.9 Å². The number of halogens is 1. The van der Waals surface area contributed by atoms with Crippen LogP contribution in [0, 0.1) is 0 Å². The number of rotatable bonds is 5. The number of hydrogen-bond acceptors (Lipinski definition) is 3. The van der Waals surface area contributed by atoms with Crippen molar-refractivity contribution in [2.45, 2.75) is 39.3 Å². The third kappa shape index (κ3) is 8.52. The maximum atomic E-state index is 11.2. The van der Waals surface area contributed by atoms with Gasteiger partial charge < -0.3 is 10.2 Å². The lowest BCUT2D eigenvalue weighted by atomic mass is 10.3. The van der Waals surface area contributed by atoms with Gasteiger partial charge in [-0.2, -0.15) is 0 Å². The molecule has 0 radical (unpaired) electrons. The highest BCUT2D eigenvalue weighted by Gasteiger charge is 2.16. The van der Waals surface area contributed by atoms with Crippen LogP contribution in [0.1, 0.15) is 33.1 Å². The zero-order valence-electron chi connectivity index (χ0n) is 13.5. The Bertz CT molecular complexity index is 370. The van der Waals surface area contributed by atoms with E-state index in [4.69, 9.17) is 0 Å². The molecular weight excluding hydrogens is 290 g/mol. The predicted molar refractivity (Wildman–Crippen MR) is 89.1 cm³/mol. The molecule has 6 heteroatoms. The molecule has 122 valence electrons. The highest BCUT2D eigenvalue weighted by atomic mass is 35.5. The number of carbonyl (C=O) groups is 2. The van der Waals surface area contributed by atoms with Crippen molar-refractivity contribution >= 4 is 24.2 Å². The number of hydrogen-bond donors (Lipinski definition) is 1. The van der Waals surface area contributed by atoms with Crippen molar-refractivity contribution in [2.75, 3.05) is 20.6 Å². The highest BCUT2D eigenvalue weighted by molar-refractivity contribution is 5.92. The summed E-state index contributed by atoms with van der Waals surface area (Å²) in [6, 6.07) is 0. The Morgan fingerprint density at radius 2 is 2.10 bits per heavy atom. The third-order valence-corrected chi connectivity index (χ3v) is 3.03. The Labute approximate surface area is 134 Å². The fourth-order valence-corrected chi connectivity index (χ4v) is 1.73. The van der Waals surface area contributed by atoms with E-state index >= 15 is 0 Å². The lowest BCUT2D eigenvalue weighted by Crippen LogP contribution is -2.44. The SMILES string of the molecule is C=C(C)C(=O)NC(CC)N(C)C.C=CN1CCCC1=O.Cl. The second-order valence-electron chi connectivity index (χ2n) is 5.01. The van der Waals surface area contributed by atoms with Gasteiger partial charge in [0.25, 0.3) is 0 Å². The summed E-state index contributed by atoms with van der Waals surface area (Å²) in [6.45, 7) is 11.7. The first-order valence-electron chi connectivity index (χ1n) is 6.88. The summed E-state index contributed by atoms with van der Waals surface area (Å²) in [5, 5.41) is 2.85. The highest BCUT2D eigenvalue weighted by Crippen LogP contribution is 2.08. The molecule has 1 unspecified atom stereocenters. The zero-order chi connectivity index (χ0) is 15.7. The molecule has 0 aromatic carbocycles. The van der Waals surface area contributed by atoms with E-state index in [0.717, 1.165) is 19.4 Å². The van der Waals surface area contributed by atoms with Crippen molar-refractivity contribution in [3.63, 3.8) is 0 Å². The van der Waals surface area contributed by atoms with E-state index in [1.54, 1.807) is 18.0 Å². The fourth-order valence-electron chi connectivity index (χ4n) is 1.73. The summed E-state index contributed by atoms with van der Waals surface area (Å²) in [7, 11) is 3.87. The van der Waals surface area contributed by atoms with Crippen molar-refractivity contribution in [3.05, 3.63) is 24.9 Å². The molecule has 0 aromatic rings. The number of amides is 2. The summed E-state index contributed by atoms with van der Waals surface area (Å²) in [4.78, 5) is 25.5. The molecule has 1 rings (SSSR count). The van der Waals surface area contributed by atoms with Crippen LogP contribution >= 0.6 is 12.4 Å². The van der Waals surface area contributed by atoms with Gasteiger partial charge in [0, 0.05) is 18.5 Å². The third-order valence-electron chi connectivity index (χ3n) is 3.03. The molecular formula is C15H28ClN3O2. The Morgan fingerprint density at radius 1 is 1.52 bits per heavy atom. The monoisotopic (exact) mass is 317 g/mol. The van der Waals surface area contributed by atoms with Gasteiger partial charge >= 0.3 is 0 Å². The van der Waals surface area contributed by atoms with Gasteiger partial charge in [0.15, 0.2) is 0 Å². The average Bonchev–Trinajstić information content (AvgIpc) is 2.81. The summed E-state index contributed by atoms with van der Waals surface area (Å²) < 4.78 is 0. The fraction of sp³-hybridized carbons (Fsp3) is 0.600. The Hall–Kier alpha value is -1.33. The Balaban J connectivity index is 0. The molecule has 21 heavy (non-hydrogen) atoms. The summed E-state index contributed by atoms with van der Waals surface area (Å²) in [5.74, 6) is 0.135. The predicted octanol–water partition coefficient (Wildman–Crippen LogP) is 2.15. The minimum atomic E-state index is -0.0736. The van der Waals surface area contributed by atoms with Crippen LogP contribution in [0.5, 0.6) is 0 Å². The van der Waals surface area contributed by atoms with E-state index in [2.05, 4.69) is 18.5 Å². The summed E-state index contributed by atoms with van der Waals surface area (Å²) in [6.07, 6.45) is 4.28. The van der Waals surface area contributed by atoms with Crippen LogP contribution in [0.15, 0.2) is 24.9 Å². The molecule has 1 fully saturated rings. The van der Waals surface area contributed by atoms with Crippen LogP contribution < -0.4 is 5.32 Å². The largest absolute Gasteiger partial charge is 0.337 e. The minimum absolute atomic E-state index is 0. The number of likely N-dealkylation sites (tertiary alicyclic amines) is 1. The molecule has 5 nitrogen and oxygen atoms in total. The van der Waals surface area contributed by atoms with Crippen molar-refractivity contribution in [1.29, 1.82) is 0 Å². The molecule has 1 aliphatic heterocycles. The molecule has 0 spiro atoms. The standard InChI is InChI=1S/C9H18N2O.C6H9NO.ClH/c1-6-8(11(4)5)10-9(12)7(2)3;1-2-7-5-3-4-6(7)8;/h8H,2,6H2,1,3-5H3,(H,10,12);2H,1,3-5H2;1H. The molecule has 1 aliphatic rings. The van der Waals surface area contributed by atoms with Gasteiger partial charge in [-0.25, -0.2) is 0 Å². The van der Waals surface area contributed by atoms with E-state index in [1.165, 1.54) is 0 Å². The lowest BCUT2D eigenvalue weighted by molar-refractivity contribution is -0.125. The molecule has 1 saturated heterocycles. The van der Waals surface area contributed by atoms with Crippen LogP contribution in [0.2, 0.25) is 0 Å². The maximum Gasteiger partial charge on any atom is 0.247 e. The zero-order valence-corrected chi connectivity index (χ0v) is 14.3. The quantitative estimate of drug-likeness (QED) is 0.624. The van der Waals surface area contributed by atoms with Crippen LogP contribution in [0.25, 0.3) is 0 Å². The smallest absolute Gasteiger partial charge is 0.247 e. The van der Waals surface area contributed by atoms with Gasteiger partial charge in [-0.3, -0.25) is 14.5 Å². The molecule has 0 saturated carbocycles. The Morgan fingerprint density at radius 3 is 2.33 bits per heavy atom. The van der Waals surface area contributed by atoms with Gasteiger partial charge in [-0.15, -0.1) is 12.4 Å². The van der Waals surface area contributed by atoms with Crippen LogP contribution in [0.4, 0.5) is 0 Å². The first-order valence-corrected chi connectivity index (χ1v) is 6.88. The van der Waals surface area contributed by atoms with Gasteiger partial charge in [-0.05, 0) is 40.1 Å². The average molecular weight is 318 g/mol. The summed E-state index contributed by atoms with van der Waals surface area (Å²) in [5.41, 5.74) is 0.551. The van der Waals surface area contributed by atoms with Gasteiger partial charge in [0.05, 0.1) is 6.17 Å². The van der Waals surface area contributed by atoms with Gasteiger partial charge in [0.1, 0.15) is 0 Å². The van der Waals surface area contributed by atoms with E-state index in [0.29, 0.717) is 12.0 Å². The van der Waals surface area contributed by atoms with Crippen LogP contribution in [-0.2, 0) is 9.59 Å². The molecule has 1 heterocycles. The molecule has 0 aromatic heterocycles. The summed E-state index contributed by atoms with van der Waals surface area (Å²) >= 11 is 0. The van der Waals surface area contributed by atoms with E-state index in [-0.39, 0.29) is 30.4 Å². The van der Waals surface area contributed by atoms with Crippen LogP contribution in [0.3, 0.4) is 0 Å².